The van der Waals surface area contributed by atoms with Crippen LogP contribution in [0.5, 0.6) is 0 Å². The van der Waals surface area contributed by atoms with Crippen LogP contribution >= 0.6 is 23.1 Å². The molecule has 2 N–H and O–H groups in total. The molecule has 6 nitrogen and oxygen atoms in total. The summed E-state index contributed by atoms with van der Waals surface area (Å²) >= 11 is 2.92. The van der Waals surface area contributed by atoms with Gasteiger partial charge in [-0.15, -0.1) is 23.1 Å². The molecular weight excluding hydrogens is 565 g/mol. The maximum absolute atomic E-state index is 13.5. The number of hydrogen-bond acceptors (Lipinski definition) is 6. The largest absolute Gasteiger partial charge is 0.465 e. The predicted octanol–water partition coefficient (Wildman–Crippen LogP) is 7.88. The summed E-state index contributed by atoms with van der Waals surface area (Å²) in [7, 11) is 1.38. The lowest BCUT2D eigenvalue weighted by Crippen LogP contribution is -2.25. The van der Waals surface area contributed by atoms with E-state index in [1.54, 1.807) is 6.07 Å². The highest BCUT2D eigenvalue weighted by Gasteiger charge is 2.31. The number of aryl methyl sites for hydroxylation is 1. The van der Waals surface area contributed by atoms with Gasteiger partial charge in [0.1, 0.15) is 5.00 Å². The summed E-state index contributed by atoms with van der Waals surface area (Å²) in [6.07, 6.45) is 3.12. The summed E-state index contributed by atoms with van der Waals surface area (Å²) in [6, 6.07) is 25.4. The Kier molecular flexibility index (Phi) is 9.45. The second kappa shape index (κ2) is 13.4. The van der Waals surface area contributed by atoms with E-state index >= 15 is 0 Å². The lowest BCUT2D eigenvalue weighted by atomic mass is 9.83. The molecule has 1 heterocycles. The first-order chi connectivity index (χ1) is 20.4. The molecular formula is C34H34N2O4S2. The summed E-state index contributed by atoms with van der Waals surface area (Å²) in [6.45, 7) is 3.91. The van der Waals surface area contributed by atoms with Crippen LogP contribution in [0.2, 0.25) is 0 Å². The van der Waals surface area contributed by atoms with Crippen LogP contribution < -0.4 is 10.6 Å². The van der Waals surface area contributed by atoms with E-state index in [0.29, 0.717) is 34.2 Å². The summed E-state index contributed by atoms with van der Waals surface area (Å²) in [5, 5.41) is 6.19. The number of rotatable bonds is 9. The molecule has 216 valence electrons. The van der Waals surface area contributed by atoms with Crippen molar-refractivity contribution >= 4 is 51.6 Å². The molecule has 0 saturated carbocycles. The Morgan fingerprint density at radius 3 is 2.52 bits per heavy atom. The zero-order valence-electron chi connectivity index (χ0n) is 23.9. The maximum atomic E-state index is 13.5. The van der Waals surface area contributed by atoms with Gasteiger partial charge < -0.3 is 15.4 Å². The number of esters is 1. The van der Waals surface area contributed by atoms with Gasteiger partial charge in [-0.25, -0.2) is 4.79 Å². The maximum Gasteiger partial charge on any atom is 0.341 e. The lowest BCUT2D eigenvalue weighted by molar-refractivity contribution is -0.115. The minimum Gasteiger partial charge on any atom is -0.465 e. The van der Waals surface area contributed by atoms with E-state index in [-0.39, 0.29) is 11.8 Å². The molecule has 0 bridgehead atoms. The highest BCUT2D eigenvalue weighted by Crippen LogP contribution is 2.43. The van der Waals surface area contributed by atoms with Crippen LogP contribution in [0.4, 0.5) is 10.7 Å². The number of nitrogens with one attached hydrogen (secondary N) is 2. The van der Waals surface area contributed by atoms with E-state index in [9.17, 15) is 14.4 Å². The molecule has 2 atom stereocenters. The second-order valence-electron chi connectivity index (χ2n) is 10.4. The number of fused-ring (bicyclic) bond motifs is 1. The molecule has 3 aromatic carbocycles. The van der Waals surface area contributed by atoms with Gasteiger partial charge >= 0.3 is 5.97 Å². The number of ether oxygens (including phenoxy) is 1. The van der Waals surface area contributed by atoms with E-state index < -0.39 is 11.2 Å². The molecule has 1 aliphatic rings. The van der Waals surface area contributed by atoms with Crippen molar-refractivity contribution in [1.29, 1.82) is 0 Å². The number of thioether (sulfide) groups is 1. The Bertz CT molecular complexity index is 1600. The first kappa shape index (κ1) is 29.6. The number of benzene rings is 3. The molecule has 1 aromatic heterocycles. The molecule has 8 heteroatoms. The summed E-state index contributed by atoms with van der Waals surface area (Å²) in [5.41, 5.74) is 5.04. The molecule has 0 fully saturated rings. The third-order valence-corrected chi connectivity index (χ3v) is 10.0. The third-order valence-electron chi connectivity index (χ3n) is 7.48. The van der Waals surface area contributed by atoms with Gasteiger partial charge in [0.25, 0.3) is 5.91 Å². The van der Waals surface area contributed by atoms with E-state index in [4.69, 9.17) is 4.74 Å². The van der Waals surface area contributed by atoms with Crippen molar-refractivity contribution in [2.45, 2.75) is 55.6 Å². The second-order valence-corrected chi connectivity index (χ2v) is 12.8. The molecule has 0 saturated heterocycles. The van der Waals surface area contributed by atoms with Crippen molar-refractivity contribution in [1.82, 2.24) is 0 Å². The van der Waals surface area contributed by atoms with E-state index in [0.717, 1.165) is 40.2 Å². The number of carbonyl (C=O) groups excluding carboxylic acids is 3. The Hall–Kier alpha value is -3.88. The third kappa shape index (κ3) is 6.77. The molecule has 0 aliphatic heterocycles. The Labute approximate surface area is 254 Å². The van der Waals surface area contributed by atoms with E-state index in [1.165, 1.54) is 35.8 Å². The van der Waals surface area contributed by atoms with Crippen LogP contribution in [0.1, 0.15) is 68.0 Å². The van der Waals surface area contributed by atoms with E-state index in [2.05, 4.69) is 34.9 Å². The average molecular weight is 599 g/mol. The van der Waals surface area contributed by atoms with Gasteiger partial charge in [-0.05, 0) is 80.0 Å². The van der Waals surface area contributed by atoms with Gasteiger partial charge in [-0.3, -0.25) is 9.59 Å². The highest BCUT2D eigenvalue weighted by atomic mass is 32.2. The van der Waals surface area contributed by atoms with Crippen molar-refractivity contribution in [3.63, 3.8) is 0 Å². The van der Waals surface area contributed by atoms with Crippen LogP contribution in [0.15, 0.2) is 83.8 Å². The van der Waals surface area contributed by atoms with Gasteiger partial charge in [0, 0.05) is 21.0 Å². The Morgan fingerprint density at radius 2 is 1.79 bits per heavy atom. The van der Waals surface area contributed by atoms with Crippen molar-refractivity contribution in [2.75, 3.05) is 17.7 Å². The van der Waals surface area contributed by atoms with Gasteiger partial charge in [0.15, 0.2) is 0 Å². The molecule has 1 aliphatic carbocycles. The van der Waals surface area contributed by atoms with Crippen LogP contribution in [0.3, 0.4) is 0 Å². The lowest BCUT2D eigenvalue weighted by Gasteiger charge is -2.22. The highest BCUT2D eigenvalue weighted by molar-refractivity contribution is 8.00. The van der Waals surface area contributed by atoms with Crippen molar-refractivity contribution < 1.29 is 19.1 Å². The monoisotopic (exact) mass is 598 g/mol. The van der Waals surface area contributed by atoms with Crippen molar-refractivity contribution in [2.24, 2.45) is 0 Å². The predicted molar refractivity (Wildman–Crippen MR) is 171 cm³/mol. The molecule has 2 unspecified atom stereocenters. The number of thiophene rings is 1. The van der Waals surface area contributed by atoms with Gasteiger partial charge in [0.05, 0.1) is 17.9 Å². The molecule has 5 rings (SSSR count). The molecule has 0 spiro atoms. The number of carbonyl (C=O) groups is 3. The smallest absolute Gasteiger partial charge is 0.341 e. The number of amides is 2. The van der Waals surface area contributed by atoms with Crippen LogP contribution in [0, 0.1) is 6.92 Å². The fourth-order valence-electron chi connectivity index (χ4n) is 5.32. The van der Waals surface area contributed by atoms with Crippen LogP contribution in [-0.4, -0.2) is 30.1 Å². The molecule has 0 radical (unpaired) electrons. The number of anilines is 2. The minimum atomic E-state index is -0.418. The number of methoxy groups -OCH3 is 1. The zero-order valence-corrected chi connectivity index (χ0v) is 25.6. The minimum absolute atomic E-state index is 0.167. The molecule has 4 aromatic rings. The number of hydrogen-bond donors (Lipinski definition) is 2. The van der Waals surface area contributed by atoms with Crippen molar-refractivity contribution in [3.8, 4) is 0 Å². The quantitative estimate of drug-likeness (QED) is 0.151. The SMILES string of the molecule is CCC(Sc1cccc(NC(=O)c2cccc(C)c2)c1)C(=O)Nc1sc2c(c1C(=O)OC)CCC(c1ccccc1)C2. The first-order valence-electron chi connectivity index (χ1n) is 14.1. The summed E-state index contributed by atoms with van der Waals surface area (Å²) in [5.74, 6) is -0.389. The average Bonchev–Trinajstić information content (AvgIpc) is 3.37. The normalized spacial score (nSPS) is 14.9. The Balaban J connectivity index is 1.30. The summed E-state index contributed by atoms with van der Waals surface area (Å²) < 4.78 is 5.14. The fraction of sp³-hybridized carbons (Fsp3) is 0.265. The van der Waals surface area contributed by atoms with Crippen LogP contribution in [0.25, 0.3) is 0 Å². The van der Waals surface area contributed by atoms with Gasteiger partial charge in [-0.2, -0.15) is 0 Å². The van der Waals surface area contributed by atoms with Gasteiger partial charge in [0.2, 0.25) is 5.91 Å². The van der Waals surface area contributed by atoms with Crippen LogP contribution in [-0.2, 0) is 22.4 Å². The van der Waals surface area contributed by atoms with E-state index in [1.807, 2.05) is 62.4 Å². The van der Waals surface area contributed by atoms with Crippen molar-refractivity contribution in [3.05, 3.63) is 112 Å². The molecule has 42 heavy (non-hydrogen) atoms. The first-order valence-corrected chi connectivity index (χ1v) is 15.8. The topological polar surface area (TPSA) is 84.5 Å². The fourth-order valence-corrected chi connectivity index (χ4v) is 7.65. The van der Waals surface area contributed by atoms with Gasteiger partial charge in [-0.1, -0.05) is 61.0 Å². The summed E-state index contributed by atoms with van der Waals surface area (Å²) in [4.78, 5) is 41.2. The molecule has 2 amide bonds. The Morgan fingerprint density at radius 1 is 1.00 bits per heavy atom. The standard InChI is InChI=1S/C34H34N2O4S2/c1-4-28(41-26-15-9-14-25(20-26)35-31(37)24-13-8-10-21(2)18-24)32(38)36-33-30(34(39)40-3)27-17-16-23(19-29(27)42-33)22-11-6-5-7-12-22/h5-15,18,20,23,28H,4,16-17,19H2,1-3H3,(H,35,37)(H,36,38). The zero-order chi connectivity index (χ0) is 29.6.